The molecule has 0 aliphatic heterocycles. The summed E-state index contributed by atoms with van der Waals surface area (Å²) in [5.74, 6) is -0.435. The number of carbonyl (C=O) groups is 1. The average Bonchev–Trinajstić information content (AvgIpc) is 2.21. The van der Waals surface area contributed by atoms with Gasteiger partial charge in [0.1, 0.15) is 6.61 Å². The number of rotatable bonds is 8. The Kier molecular flexibility index (Phi) is 8.17. The molecular formula is C10H18O4. The van der Waals surface area contributed by atoms with Crippen LogP contribution in [0.2, 0.25) is 0 Å². The Bertz CT molecular complexity index is 168. The summed E-state index contributed by atoms with van der Waals surface area (Å²) in [7, 11) is 0. The van der Waals surface area contributed by atoms with Crippen LogP contribution in [0, 0.1) is 0 Å². The van der Waals surface area contributed by atoms with Gasteiger partial charge in [-0.05, 0) is 13.3 Å². The topological polar surface area (TPSA) is 44.8 Å². The Labute approximate surface area is 84.8 Å². The van der Waals surface area contributed by atoms with Gasteiger partial charge >= 0.3 is 5.97 Å². The molecule has 0 saturated heterocycles. The molecule has 0 aromatic carbocycles. The number of hydrogen-bond acceptors (Lipinski definition) is 4. The van der Waals surface area contributed by atoms with E-state index in [1.807, 2.05) is 13.8 Å². The van der Waals surface area contributed by atoms with Crippen molar-refractivity contribution in [3.63, 3.8) is 0 Å². The van der Waals surface area contributed by atoms with Crippen molar-refractivity contribution in [1.29, 1.82) is 0 Å². The summed E-state index contributed by atoms with van der Waals surface area (Å²) in [4.78, 5) is 10.6. The first-order valence-electron chi connectivity index (χ1n) is 4.73. The van der Waals surface area contributed by atoms with Crippen molar-refractivity contribution in [2.75, 3.05) is 19.8 Å². The molecule has 4 nitrogen and oxygen atoms in total. The van der Waals surface area contributed by atoms with Crippen LogP contribution in [-0.4, -0.2) is 32.1 Å². The minimum atomic E-state index is -0.435. The van der Waals surface area contributed by atoms with Gasteiger partial charge in [0.15, 0.2) is 6.29 Å². The fourth-order valence-corrected chi connectivity index (χ4v) is 0.747. The Morgan fingerprint density at radius 3 is 2.57 bits per heavy atom. The molecule has 0 fully saturated rings. The lowest BCUT2D eigenvalue weighted by molar-refractivity contribution is -0.152. The highest BCUT2D eigenvalue weighted by molar-refractivity contribution is 5.81. The van der Waals surface area contributed by atoms with E-state index in [9.17, 15) is 4.79 Å². The number of carbonyl (C=O) groups excluding carboxylic acids is 1. The lowest BCUT2D eigenvalue weighted by atomic mass is 10.5. The zero-order chi connectivity index (χ0) is 10.8. The second kappa shape index (κ2) is 8.72. The average molecular weight is 202 g/mol. The molecule has 0 rings (SSSR count). The molecule has 0 N–H and O–H groups in total. The summed E-state index contributed by atoms with van der Waals surface area (Å²) >= 11 is 0. The van der Waals surface area contributed by atoms with Crippen LogP contribution in [0.5, 0.6) is 0 Å². The van der Waals surface area contributed by atoms with Gasteiger partial charge in [0.2, 0.25) is 0 Å². The molecule has 1 atom stereocenters. The third-order valence-electron chi connectivity index (χ3n) is 1.40. The molecule has 1 unspecified atom stereocenters. The van der Waals surface area contributed by atoms with Gasteiger partial charge in [-0.3, -0.25) is 0 Å². The molecule has 82 valence electrons. The standard InChI is InChI=1S/C10H18O4/c1-4-6-12-9(3)13-7-8-14-10(11)5-2/h5,9H,2,4,6-8H2,1,3H3. The highest BCUT2D eigenvalue weighted by atomic mass is 16.7. The third kappa shape index (κ3) is 7.76. The summed E-state index contributed by atoms with van der Waals surface area (Å²) in [5.41, 5.74) is 0. The third-order valence-corrected chi connectivity index (χ3v) is 1.40. The first kappa shape index (κ1) is 13.1. The maximum atomic E-state index is 10.6. The first-order chi connectivity index (χ1) is 6.70. The predicted molar refractivity (Wildman–Crippen MR) is 52.8 cm³/mol. The van der Waals surface area contributed by atoms with E-state index in [0.29, 0.717) is 13.2 Å². The fourth-order valence-electron chi connectivity index (χ4n) is 0.747. The van der Waals surface area contributed by atoms with Gasteiger partial charge in [0.05, 0.1) is 6.61 Å². The van der Waals surface area contributed by atoms with Crippen LogP contribution in [-0.2, 0) is 19.0 Å². The molecule has 0 radical (unpaired) electrons. The summed E-state index contributed by atoms with van der Waals surface area (Å²) < 4.78 is 15.2. The number of hydrogen-bond donors (Lipinski definition) is 0. The summed E-state index contributed by atoms with van der Waals surface area (Å²) in [6.45, 7) is 8.35. The Morgan fingerprint density at radius 1 is 1.36 bits per heavy atom. The van der Waals surface area contributed by atoms with Gasteiger partial charge in [-0.25, -0.2) is 4.79 Å². The minimum absolute atomic E-state index is 0.227. The second-order valence-corrected chi connectivity index (χ2v) is 2.68. The minimum Gasteiger partial charge on any atom is -0.460 e. The van der Waals surface area contributed by atoms with Gasteiger partial charge in [0.25, 0.3) is 0 Å². The molecule has 0 heterocycles. The molecule has 0 spiro atoms. The number of esters is 1. The normalized spacial score (nSPS) is 12.1. The van der Waals surface area contributed by atoms with Crippen LogP contribution in [0.25, 0.3) is 0 Å². The highest BCUT2D eigenvalue weighted by Gasteiger charge is 2.01. The molecule has 0 saturated carbocycles. The molecule has 0 bridgehead atoms. The molecule has 0 aromatic rings. The van der Waals surface area contributed by atoms with Crippen molar-refractivity contribution in [3.05, 3.63) is 12.7 Å². The van der Waals surface area contributed by atoms with Crippen LogP contribution in [0.1, 0.15) is 20.3 Å². The lowest BCUT2D eigenvalue weighted by Crippen LogP contribution is -2.17. The first-order valence-corrected chi connectivity index (χ1v) is 4.73. The van der Waals surface area contributed by atoms with Gasteiger partial charge in [0, 0.05) is 12.7 Å². The summed E-state index contributed by atoms with van der Waals surface area (Å²) in [6, 6.07) is 0. The summed E-state index contributed by atoms with van der Waals surface area (Å²) in [6.07, 6.45) is 1.83. The SMILES string of the molecule is C=CC(=O)OCCOC(C)OCCC. The maximum Gasteiger partial charge on any atom is 0.330 e. The molecular weight excluding hydrogens is 184 g/mol. The molecule has 0 amide bonds. The van der Waals surface area contributed by atoms with E-state index in [4.69, 9.17) is 14.2 Å². The zero-order valence-corrected chi connectivity index (χ0v) is 8.82. The molecule has 0 aromatic heterocycles. The Balaban J connectivity index is 3.26. The van der Waals surface area contributed by atoms with Gasteiger partial charge in [-0.1, -0.05) is 13.5 Å². The highest BCUT2D eigenvalue weighted by Crippen LogP contribution is 1.94. The van der Waals surface area contributed by atoms with Crippen molar-refractivity contribution >= 4 is 5.97 Å². The van der Waals surface area contributed by atoms with Crippen LogP contribution < -0.4 is 0 Å². The van der Waals surface area contributed by atoms with Gasteiger partial charge in [-0.2, -0.15) is 0 Å². The lowest BCUT2D eigenvalue weighted by Gasteiger charge is -2.13. The van der Waals surface area contributed by atoms with E-state index >= 15 is 0 Å². The van der Waals surface area contributed by atoms with E-state index in [-0.39, 0.29) is 12.9 Å². The Hall–Kier alpha value is -0.870. The smallest absolute Gasteiger partial charge is 0.330 e. The molecule has 0 aliphatic carbocycles. The molecule has 14 heavy (non-hydrogen) atoms. The second-order valence-electron chi connectivity index (χ2n) is 2.68. The predicted octanol–water partition coefficient (Wildman–Crippen LogP) is 1.50. The van der Waals surface area contributed by atoms with Gasteiger partial charge in [-0.15, -0.1) is 0 Å². The van der Waals surface area contributed by atoms with Crippen molar-refractivity contribution in [1.82, 2.24) is 0 Å². The van der Waals surface area contributed by atoms with Crippen molar-refractivity contribution in [2.24, 2.45) is 0 Å². The van der Waals surface area contributed by atoms with Crippen molar-refractivity contribution < 1.29 is 19.0 Å². The van der Waals surface area contributed by atoms with Crippen molar-refractivity contribution in [2.45, 2.75) is 26.6 Å². The van der Waals surface area contributed by atoms with E-state index in [1.54, 1.807) is 0 Å². The largest absolute Gasteiger partial charge is 0.460 e. The Morgan fingerprint density at radius 2 is 2.00 bits per heavy atom. The van der Waals surface area contributed by atoms with Crippen LogP contribution >= 0.6 is 0 Å². The van der Waals surface area contributed by atoms with E-state index in [0.717, 1.165) is 12.5 Å². The van der Waals surface area contributed by atoms with E-state index in [2.05, 4.69) is 6.58 Å². The fraction of sp³-hybridized carbons (Fsp3) is 0.700. The van der Waals surface area contributed by atoms with Crippen molar-refractivity contribution in [3.8, 4) is 0 Å². The molecule has 0 aliphatic rings. The van der Waals surface area contributed by atoms with Crippen LogP contribution in [0.4, 0.5) is 0 Å². The van der Waals surface area contributed by atoms with E-state index in [1.165, 1.54) is 0 Å². The van der Waals surface area contributed by atoms with Crippen LogP contribution in [0.15, 0.2) is 12.7 Å². The summed E-state index contributed by atoms with van der Waals surface area (Å²) in [5, 5.41) is 0. The quantitative estimate of drug-likeness (QED) is 0.259. The van der Waals surface area contributed by atoms with Crippen LogP contribution in [0.3, 0.4) is 0 Å². The molecule has 4 heteroatoms. The monoisotopic (exact) mass is 202 g/mol. The maximum absolute atomic E-state index is 10.6. The number of ether oxygens (including phenoxy) is 3. The van der Waals surface area contributed by atoms with Gasteiger partial charge < -0.3 is 14.2 Å². The van der Waals surface area contributed by atoms with E-state index < -0.39 is 5.97 Å². The zero-order valence-electron chi connectivity index (χ0n) is 8.82.